The molecule has 0 saturated carbocycles. The van der Waals surface area contributed by atoms with Crippen molar-refractivity contribution in [1.82, 2.24) is 20.4 Å². The van der Waals surface area contributed by atoms with Gasteiger partial charge < -0.3 is 10.6 Å². The van der Waals surface area contributed by atoms with Crippen molar-refractivity contribution in [2.24, 2.45) is 5.92 Å². The second-order valence-corrected chi connectivity index (χ2v) is 5.27. The standard InChI is InChI=1S/C15H17FN4O.ClH/c1-10-14(15(21)18-8-11-6-17-7-11)9-19-20(10)13-4-2-12(16)3-5-13;/h2-5,9,11,17H,6-8H2,1H3,(H,18,21);1H. The summed E-state index contributed by atoms with van der Waals surface area (Å²) in [6.07, 6.45) is 1.55. The maximum absolute atomic E-state index is 13.0. The normalized spacial score (nSPS) is 14.1. The first-order valence-electron chi connectivity index (χ1n) is 6.94. The van der Waals surface area contributed by atoms with E-state index in [9.17, 15) is 9.18 Å². The van der Waals surface area contributed by atoms with Gasteiger partial charge in [-0.05, 0) is 31.2 Å². The molecule has 1 aromatic heterocycles. The smallest absolute Gasteiger partial charge is 0.254 e. The van der Waals surface area contributed by atoms with Crippen LogP contribution in [-0.4, -0.2) is 35.3 Å². The summed E-state index contributed by atoms with van der Waals surface area (Å²) in [5, 5.41) is 10.3. The number of carbonyl (C=O) groups excluding carboxylic acids is 1. The third kappa shape index (κ3) is 3.28. The molecule has 22 heavy (non-hydrogen) atoms. The van der Waals surface area contributed by atoms with Gasteiger partial charge in [-0.15, -0.1) is 12.4 Å². The fraction of sp³-hybridized carbons (Fsp3) is 0.333. The Morgan fingerprint density at radius 2 is 2.09 bits per heavy atom. The molecule has 118 valence electrons. The van der Waals surface area contributed by atoms with Crippen LogP contribution in [0.15, 0.2) is 30.5 Å². The summed E-state index contributed by atoms with van der Waals surface area (Å²) in [5.74, 6) is 0.102. The molecule has 2 aromatic rings. The molecule has 2 heterocycles. The van der Waals surface area contributed by atoms with Gasteiger partial charge in [0.15, 0.2) is 0 Å². The van der Waals surface area contributed by atoms with Crippen molar-refractivity contribution in [3.05, 3.63) is 47.5 Å². The maximum atomic E-state index is 13.0. The van der Waals surface area contributed by atoms with Crippen molar-refractivity contribution >= 4 is 18.3 Å². The number of hydrogen-bond acceptors (Lipinski definition) is 3. The fourth-order valence-electron chi connectivity index (χ4n) is 2.30. The van der Waals surface area contributed by atoms with E-state index in [1.165, 1.54) is 12.1 Å². The van der Waals surface area contributed by atoms with Crippen LogP contribution in [0.1, 0.15) is 16.1 Å². The zero-order valence-electron chi connectivity index (χ0n) is 12.2. The molecule has 3 rings (SSSR count). The van der Waals surface area contributed by atoms with Gasteiger partial charge >= 0.3 is 0 Å². The number of halogens is 2. The predicted octanol–water partition coefficient (Wildman–Crippen LogP) is 1.69. The van der Waals surface area contributed by atoms with Crippen molar-refractivity contribution in [3.8, 4) is 5.69 Å². The Labute approximate surface area is 134 Å². The molecular weight excluding hydrogens is 307 g/mol. The fourth-order valence-corrected chi connectivity index (χ4v) is 2.30. The SMILES string of the molecule is Cc1c(C(=O)NCC2CNC2)cnn1-c1ccc(F)cc1.Cl. The molecule has 0 aliphatic carbocycles. The van der Waals surface area contributed by atoms with Crippen molar-refractivity contribution in [2.45, 2.75) is 6.92 Å². The van der Waals surface area contributed by atoms with E-state index in [4.69, 9.17) is 0 Å². The Balaban J connectivity index is 0.00000176. The molecule has 1 aromatic carbocycles. The molecule has 0 atom stereocenters. The lowest BCUT2D eigenvalue weighted by Crippen LogP contribution is -2.48. The number of carbonyl (C=O) groups is 1. The lowest BCUT2D eigenvalue weighted by Gasteiger charge is -2.27. The number of hydrogen-bond donors (Lipinski definition) is 2. The highest BCUT2D eigenvalue weighted by molar-refractivity contribution is 5.95. The Kier molecular flexibility index (Phi) is 5.15. The van der Waals surface area contributed by atoms with Crippen LogP contribution in [0.4, 0.5) is 4.39 Å². The first-order valence-corrected chi connectivity index (χ1v) is 6.94. The van der Waals surface area contributed by atoms with E-state index in [0.29, 0.717) is 18.0 Å². The van der Waals surface area contributed by atoms with Crippen LogP contribution in [0.5, 0.6) is 0 Å². The second-order valence-electron chi connectivity index (χ2n) is 5.27. The number of nitrogens with one attached hydrogen (secondary N) is 2. The van der Waals surface area contributed by atoms with Crippen molar-refractivity contribution < 1.29 is 9.18 Å². The summed E-state index contributed by atoms with van der Waals surface area (Å²) in [5.41, 5.74) is 2.02. The van der Waals surface area contributed by atoms with Crippen molar-refractivity contribution in [3.63, 3.8) is 0 Å². The van der Waals surface area contributed by atoms with Gasteiger partial charge in [0.05, 0.1) is 23.1 Å². The van der Waals surface area contributed by atoms with Crippen molar-refractivity contribution in [1.29, 1.82) is 0 Å². The lowest BCUT2D eigenvalue weighted by atomic mass is 10.0. The maximum Gasteiger partial charge on any atom is 0.254 e. The van der Waals surface area contributed by atoms with Crippen LogP contribution in [0.2, 0.25) is 0 Å². The second kappa shape index (κ2) is 6.89. The van der Waals surface area contributed by atoms with Gasteiger partial charge in [0, 0.05) is 25.6 Å². The largest absolute Gasteiger partial charge is 0.352 e. The molecule has 1 aliphatic rings. The van der Waals surface area contributed by atoms with E-state index in [1.54, 1.807) is 23.0 Å². The molecule has 0 spiro atoms. The quantitative estimate of drug-likeness (QED) is 0.900. The minimum absolute atomic E-state index is 0. The summed E-state index contributed by atoms with van der Waals surface area (Å²) in [6.45, 7) is 4.41. The van der Waals surface area contributed by atoms with Crippen LogP contribution < -0.4 is 10.6 Å². The zero-order chi connectivity index (χ0) is 14.8. The molecule has 0 bridgehead atoms. The first-order chi connectivity index (χ1) is 10.1. The van der Waals surface area contributed by atoms with Gasteiger partial charge in [0.25, 0.3) is 5.91 Å². The first kappa shape index (κ1) is 16.5. The Hall–Kier alpha value is -1.92. The van der Waals surface area contributed by atoms with E-state index in [1.807, 2.05) is 6.92 Å². The monoisotopic (exact) mass is 324 g/mol. The number of benzene rings is 1. The van der Waals surface area contributed by atoms with Gasteiger partial charge in [-0.2, -0.15) is 5.10 Å². The zero-order valence-corrected chi connectivity index (χ0v) is 13.0. The third-order valence-electron chi connectivity index (χ3n) is 3.74. The van der Waals surface area contributed by atoms with E-state index < -0.39 is 0 Å². The average molecular weight is 325 g/mol. The van der Waals surface area contributed by atoms with Gasteiger partial charge in [-0.3, -0.25) is 4.79 Å². The minimum Gasteiger partial charge on any atom is -0.352 e. The summed E-state index contributed by atoms with van der Waals surface area (Å²) in [7, 11) is 0. The molecule has 1 aliphatic heterocycles. The third-order valence-corrected chi connectivity index (χ3v) is 3.74. The molecule has 5 nitrogen and oxygen atoms in total. The van der Waals surface area contributed by atoms with Gasteiger partial charge in [0.2, 0.25) is 0 Å². The molecule has 1 amide bonds. The molecule has 0 radical (unpaired) electrons. The molecule has 0 unspecified atom stereocenters. The number of rotatable bonds is 4. The summed E-state index contributed by atoms with van der Waals surface area (Å²) in [6, 6.07) is 6.02. The summed E-state index contributed by atoms with van der Waals surface area (Å²) < 4.78 is 14.6. The molecule has 2 N–H and O–H groups in total. The number of aromatic nitrogens is 2. The van der Waals surface area contributed by atoms with E-state index in [0.717, 1.165) is 24.5 Å². The van der Waals surface area contributed by atoms with Gasteiger partial charge in [0.1, 0.15) is 5.82 Å². The van der Waals surface area contributed by atoms with Gasteiger partial charge in [-0.25, -0.2) is 9.07 Å². The molecular formula is C15H18ClFN4O. The highest BCUT2D eigenvalue weighted by Crippen LogP contribution is 2.15. The van der Waals surface area contributed by atoms with Crippen LogP contribution >= 0.6 is 12.4 Å². The molecule has 1 saturated heterocycles. The molecule has 1 fully saturated rings. The van der Waals surface area contributed by atoms with E-state index in [-0.39, 0.29) is 24.1 Å². The number of nitrogens with zero attached hydrogens (tertiary/aromatic N) is 2. The highest BCUT2D eigenvalue weighted by atomic mass is 35.5. The Morgan fingerprint density at radius 3 is 2.68 bits per heavy atom. The molecule has 7 heteroatoms. The highest BCUT2D eigenvalue weighted by Gasteiger charge is 2.19. The van der Waals surface area contributed by atoms with Crippen molar-refractivity contribution in [2.75, 3.05) is 19.6 Å². The topological polar surface area (TPSA) is 59.0 Å². The van der Waals surface area contributed by atoms with Crippen LogP contribution in [-0.2, 0) is 0 Å². The van der Waals surface area contributed by atoms with Crippen LogP contribution in [0.25, 0.3) is 5.69 Å². The van der Waals surface area contributed by atoms with E-state index in [2.05, 4.69) is 15.7 Å². The lowest BCUT2D eigenvalue weighted by molar-refractivity contribution is 0.0941. The summed E-state index contributed by atoms with van der Waals surface area (Å²) >= 11 is 0. The minimum atomic E-state index is -0.296. The Bertz CT molecular complexity index is 652. The summed E-state index contributed by atoms with van der Waals surface area (Å²) in [4.78, 5) is 12.2. The van der Waals surface area contributed by atoms with Gasteiger partial charge in [-0.1, -0.05) is 0 Å². The predicted molar refractivity (Wildman–Crippen MR) is 84.2 cm³/mol. The van der Waals surface area contributed by atoms with Crippen LogP contribution in [0.3, 0.4) is 0 Å². The Morgan fingerprint density at radius 1 is 1.41 bits per heavy atom. The van der Waals surface area contributed by atoms with E-state index >= 15 is 0 Å². The van der Waals surface area contributed by atoms with Crippen LogP contribution in [0, 0.1) is 18.7 Å². The number of amides is 1. The average Bonchev–Trinajstić information content (AvgIpc) is 2.80.